The van der Waals surface area contributed by atoms with E-state index in [2.05, 4.69) is 23.6 Å². The van der Waals surface area contributed by atoms with E-state index in [1.807, 2.05) is 26.0 Å². The average molecular weight is 302 g/mol. The lowest BCUT2D eigenvalue weighted by molar-refractivity contribution is 0.624. The smallest absolute Gasteiger partial charge is 0.171 e. The van der Waals surface area contributed by atoms with Gasteiger partial charge in [0.15, 0.2) is 5.11 Å². The zero-order valence-corrected chi connectivity index (χ0v) is 13.2. The van der Waals surface area contributed by atoms with Crippen LogP contribution in [-0.2, 0) is 0 Å². The van der Waals surface area contributed by atoms with Gasteiger partial charge in [0.25, 0.3) is 0 Å². The van der Waals surface area contributed by atoms with Crippen LogP contribution in [0, 0.1) is 19.7 Å². The standard InChI is InChI=1S/C17H19FN2S/c1-11-4-9-16(12(2)10-11)20-17(21)19-13(3)14-5-7-15(18)8-6-14/h4-10,13H,1-3H3,(H2,19,20,21)/t13-/m1/s1. The van der Waals surface area contributed by atoms with Crippen molar-refractivity contribution >= 4 is 23.0 Å². The van der Waals surface area contributed by atoms with Gasteiger partial charge >= 0.3 is 0 Å². The summed E-state index contributed by atoms with van der Waals surface area (Å²) in [5.74, 6) is -0.234. The summed E-state index contributed by atoms with van der Waals surface area (Å²) in [6, 6.07) is 12.6. The molecule has 0 aromatic heterocycles. The van der Waals surface area contributed by atoms with E-state index in [4.69, 9.17) is 12.2 Å². The molecule has 1 atom stereocenters. The van der Waals surface area contributed by atoms with E-state index in [-0.39, 0.29) is 11.9 Å². The summed E-state index contributed by atoms with van der Waals surface area (Å²) in [5.41, 5.74) is 4.34. The fourth-order valence-electron chi connectivity index (χ4n) is 2.14. The van der Waals surface area contributed by atoms with Crippen molar-refractivity contribution in [2.75, 3.05) is 5.32 Å². The highest BCUT2D eigenvalue weighted by molar-refractivity contribution is 7.80. The van der Waals surface area contributed by atoms with Crippen molar-refractivity contribution in [1.29, 1.82) is 0 Å². The Morgan fingerprint density at radius 1 is 1.10 bits per heavy atom. The predicted octanol–water partition coefficient (Wildman–Crippen LogP) is 4.49. The number of hydrogen-bond donors (Lipinski definition) is 2. The minimum atomic E-state index is -0.234. The van der Waals surface area contributed by atoms with E-state index in [9.17, 15) is 4.39 Å². The summed E-state index contributed by atoms with van der Waals surface area (Å²) in [4.78, 5) is 0. The molecular weight excluding hydrogens is 283 g/mol. The molecule has 0 saturated heterocycles. The first-order valence-corrected chi connectivity index (χ1v) is 7.27. The molecule has 4 heteroatoms. The van der Waals surface area contributed by atoms with Crippen molar-refractivity contribution in [1.82, 2.24) is 5.32 Å². The van der Waals surface area contributed by atoms with E-state index in [1.54, 1.807) is 12.1 Å². The van der Waals surface area contributed by atoms with Gasteiger partial charge in [0.2, 0.25) is 0 Å². The molecule has 2 aromatic rings. The second-order valence-electron chi connectivity index (χ2n) is 5.19. The number of benzene rings is 2. The van der Waals surface area contributed by atoms with E-state index < -0.39 is 0 Å². The molecule has 0 aliphatic rings. The fraction of sp³-hybridized carbons (Fsp3) is 0.235. The number of halogens is 1. The molecule has 0 aliphatic heterocycles. The number of nitrogens with one attached hydrogen (secondary N) is 2. The monoisotopic (exact) mass is 302 g/mol. The second-order valence-corrected chi connectivity index (χ2v) is 5.60. The molecular formula is C17H19FN2S. The lowest BCUT2D eigenvalue weighted by Gasteiger charge is -2.18. The van der Waals surface area contributed by atoms with Crippen LogP contribution in [-0.4, -0.2) is 5.11 Å². The van der Waals surface area contributed by atoms with Gasteiger partial charge in [-0.3, -0.25) is 0 Å². The van der Waals surface area contributed by atoms with Crippen LogP contribution >= 0.6 is 12.2 Å². The van der Waals surface area contributed by atoms with Gasteiger partial charge < -0.3 is 10.6 Å². The molecule has 21 heavy (non-hydrogen) atoms. The van der Waals surface area contributed by atoms with E-state index in [0.717, 1.165) is 16.8 Å². The molecule has 0 spiro atoms. The van der Waals surface area contributed by atoms with Crippen molar-refractivity contribution in [3.05, 3.63) is 65.0 Å². The highest BCUT2D eigenvalue weighted by atomic mass is 32.1. The van der Waals surface area contributed by atoms with Crippen molar-refractivity contribution in [3.63, 3.8) is 0 Å². The predicted molar refractivity (Wildman–Crippen MR) is 90.1 cm³/mol. The minimum absolute atomic E-state index is 0.0105. The van der Waals surface area contributed by atoms with Crippen molar-refractivity contribution in [2.45, 2.75) is 26.8 Å². The molecule has 2 rings (SSSR count). The van der Waals surface area contributed by atoms with Gasteiger partial charge in [0, 0.05) is 5.69 Å². The topological polar surface area (TPSA) is 24.1 Å². The van der Waals surface area contributed by atoms with Crippen LogP contribution in [0.25, 0.3) is 0 Å². The summed E-state index contributed by atoms with van der Waals surface area (Å²) < 4.78 is 12.9. The maximum absolute atomic E-state index is 12.9. The molecule has 0 aliphatic carbocycles. The Bertz CT molecular complexity index is 638. The molecule has 2 aromatic carbocycles. The Morgan fingerprint density at radius 2 is 1.76 bits per heavy atom. The molecule has 0 heterocycles. The summed E-state index contributed by atoms with van der Waals surface area (Å²) in [7, 11) is 0. The third-order valence-electron chi connectivity index (χ3n) is 3.35. The number of aryl methyl sites for hydroxylation is 2. The number of hydrogen-bond acceptors (Lipinski definition) is 1. The zero-order chi connectivity index (χ0) is 15.4. The molecule has 110 valence electrons. The van der Waals surface area contributed by atoms with E-state index in [0.29, 0.717) is 5.11 Å². The molecule has 0 amide bonds. The van der Waals surface area contributed by atoms with Crippen molar-refractivity contribution in [3.8, 4) is 0 Å². The third-order valence-corrected chi connectivity index (χ3v) is 3.57. The number of rotatable bonds is 3. The van der Waals surface area contributed by atoms with Gasteiger partial charge in [0.05, 0.1) is 6.04 Å². The van der Waals surface area contributed by atoms with Gasteiger partial charge in [-0.25, -0.2) is 4.39 Å². The largest absolute Gasteiger partial charge is 0.356 e. The zero-order valence-electron chi connectivity index (χ0n) is 12.4. The Labute approximate surface area is 130 Å². The van der Waals surface area contributed by atoms with Gasteiger partial charge in [-0.05, 0) is 62.3 Å². The van der Waals surface area contributed by atoms with Gasteiger partial charge in [0.1, 0.15) is 5.82 Å². The van der Waals surface area contributed by atoms with E-state index >= 15 is 0 Å². The maximum Gasteiger partial charge on any atom is 0.171 e. The van der Waals surface area contributed by atoms with Gasteiger partial charge in [-0.1, -0.05) is 29.8 Å². The summed E-state index contributed by atoms with van der Waals surface area (Å²) >= 11 is 5.33. The Kier molecular flexibility index (Phi) is 4.91. The van der Waals surface area contributed by atoms with Crippen LogP contribution in [0.4, 0.5) is 10.1 Å². The number of anilines is 1. The van der Waals surface area contributed by atoms with Crippen molar-refractivity contribution < 1.29 is 4.39 Å². The first-order valence-electron chi connectivity index (χ1n) is 6.86. The minimum Gasteiger partial charge on any atom is -0.356 e. The summed E-state index contributed by atoms with van der Waals surface area (Å²) in [6.07, 6.45) is 0. The molecule has 0 radical (unpaired) electrons. The maximum atomic E-state index is 12.9. The highest BCUT2D eigenvalue weighted by Crippen LogP contribution is 2.17. The van der Waals surface area contributed by atoms with Crippen LogP contribution in [0.5, 0.6) is 0 Å². The first-order chi connectivity index (χ1) is 9.95. The molecule has 0 unspecified atom stereocenters. The Morgan fingerprint density at radius 3 is 2.38 bits per heavy atom. The fourth-order valence-corrected chi connectivity index (χ4v) is 2.43. The van der Waals surface area contributed by atoms with Crippen LogP contribution in [0.2, 0.25) is 0 Å². The van der Waals surface area contributed by atoms with Crippen LogP contribution in [0.1, 0.15) is 29.7 Å². The first kappa shape index (κ1) is 15.4. The average Bonchev–Trinajstić information content (AvgIpc) is 2.42. The van der Waals surface area contributed by atoms with Crippen molar-refractivity contribution in [2.24, 2.45) is 0 Å². The number of thiocarbonyl (C=S) groups is 1. The summed E-state index contributed by atoms with van der Waals surface area (Å²) in [6.45, 7) is 6.09. The lowest BCUT2D eigenvalue weighted by Crippen LogP contribution is -2.31. The molecule has 2 nitrogen and oxygen atoms in total. The SMILES string of the molecule is Cc1ccc(NC(=S)N[C@H](C)c2ccc(F)cc2)c(C)c1. The van der Waals surface area contributed by atoms with Gasteiger partial charge in [-0.2, -0.15) is 0 Å². The molecule has 0 bridgehead atoms. The van der Waals surface area contributed by atoms with Crippen LogP contribution in [0.3, 0.4) is 0 Å². The second kappa shape index (κ2) is 6.68. The molecule has 2 N–H and O–H groups in total. The van der Waals surface area contributed by atoms with Crippen LogP contribution < -0.4 is 10.6 Å². The molecule has 0 fully saturated rings. The summed E-state index contributed by atoms with van der Waals surface area (Å²) in [5, 5.41) is 6.95. The highest BCUT2D eigenvalue weighted by Gasteiger charge is 2.08. The normalized spacial score (nSPS) is 11.8. The Hall–Kier alpha value is -1.94. The van der Waals surface area contributed by atoms with Gasteiger partial charge in [-0.15, -0.1) is 0 Å². The molecule has 0 saturated carbocycles. The quantitative estimate of drug-likeness (QED) is 0.817. The lowest BCUT2D eigenvalue weighted by atomic mass is 10.1. The Balaban J connectivity index is 1.99. The van der Waals surface area contributed by atoms with Crippen LogP contribution in [0.15, 0.2) is 42.5 Å². The third kappa shape index (κ3) is 4.26. The van der Waals surface area contributed by atoms with E-state index in [1.165, 1.54) is 17.7 Å².